The molecule has 0 spiro atoms. The normalized spacial score (nSPS) is 22.5. The Balaban J connectivity index is 2.35. The number of carbonyl (C=O) groups is 2. The molecule has 6 heteroatoms. The third kappa shape index (κ3) is 6.59. The number of hydrogen-bond donors (Lipinski definition) is 2. The average molecular weight is 316 g/mol. The minimum absolute atomic E-state index is 0.143. The van der Waals surface area contributed by atoms with Crippen molar-refractivity contribution >= 4 is 24.6 Å². The van der Waals surface area contributed by atoms with E-state index < -0.39 is 5.60 Å². The van der Waals surface area contributed by atoms with Crippen LogP contribution in [-0.2, 0) is 9.53 Å². The van der Waals surface area contributed by atoms with Gasteiger partial charge in [-0.25, -0.2) is 4.79 Å². The van der Waals surface area contributed by atoms with Crippen molar-refractivity contribution in [1.82, 2.24) is 10.2 Å². The van der Waals surface area contributed by atoms with Gasteiger partial charge in [0.05, 0.1) is 0 Å². The summed E-state index contributed by atoms with van der Waals surface area (Å²) in [5.41, 5.74) is -0.471. The fraction of sp³-hybridized carbons (Fsp3) is 0.867. The first-order valence-corrected chi connectivity index (χ1v) is 8.22. The predicted molar refractivity (Wildman–Crippen MR) is 86.7 cm³/mol. The zero-order valence-electron chi connectivity index (χ0n) is 13.5. The number of nitrogens with one attached hydrogen (secondary N) is 1. The minimum Gasteiger partial charge on any atom is -0.444 e. The van der Waals surface area contributed by atoms with Gasteiger partial charge in [0.2, 0.25) is 5.91 Å². The lowest BCUT2D eigenvalue weighted by molar-refractivity contribution is -0.132. The summed E-state index contributed by atoms with van der Waals surface area (Å²) in [5, 5.41) is 2.91. The Labute approximate surface area is 133 Å². The van der Waals surface area contributed by atoms with Crippen molar-refractivity contribution in [2.45, 2.75) is 70.6 Å². The number of alkyl carbamates (subject to hydrolysis) is 1. The summed E-state index contributed by atoms with van der Waals surface area (Å²) in [5.74, 6) is 0.729. The van der Waals surface area contributed by atoms with E-state index in [0.717, 1.165) is 25.7 Å². The smallest absolute Gasteiger partial charge is 0.407 e. The fourth-order valence-corrected chi connectivity index (χ4v) is 2.75. The van der Waals surface area contributed by atoms with Crippen molar-refractivity contribution in [1.29, 1.82) is 0 Å². The topological polar surface area (TPSA) is 58.6 Å². The molecule has 2 amide bonds. The first-order valence-electron chi connectivity index (χ1n) is 7.59. The zero-order valence-corrected chi connectivity index (χ0v) is 14.4. The van der Waals surface area contributed by atoms with Crippen LogP contribution in [-0.4, -0.2) is 47.4 Å². The highest BCUT2D eigenvalue weighted by molar-refractivity contribution is 7.80. The maximum absolute atomic E-state index is 11.8. The van der Waals surface area contributed by atoms with E-state index >= 15 is 0 Å². The van der Waals surface area contributed by atoms with Crippen LogP contribution in [0.1, 0.15) is 52.9 Å². The van der Waals surface area contributed by atoms with Crippen molar-refractivity contribution in [3.8, 4) is 0 Å². The van der Waals surface area contributed by atoms with E-state index in [-0.39, 0.29) is 24.1 Å². The molecule has 21 heavy (non-hydrogen) atoms. The van der Waals surface area contributed by atoms with E-state index in [9.17, 15) is 9.59 Å². The van der Waals surface area contributed by atoms with Crippen LogP contribution in [0.3, 0.4) is 0 Å². The third-order valence-corrected chi connectivity index (χ3v) is 3.91. The molecule has 1 saturated carbocycles. The second-order valence-corrected chi connectivity index (χ2v) is 7.08. The SMILES string of the molecule is CN(C(=O)CCS)C1CCC(NC(=O)OC(C)(C)C)CC1. The molecule has 0 aliphatic heterocycles. The molecular formula is C15H28N2O3S. The van der Waals surface area contributed by atoms with Crippen molar-refractivity contribution in [2.24, 2.45) is 0 Å². The highest BCUT2D eigenvalue weighted by Crippen LogP contribution is 2.23. The maximum atomic E-state index is 11.8. The molecule has 1 aliphatic rings. The Morgan fingerprint density at radius 3 is 2.29 bits per heavy atom. The number of nitrogens with zero attached hydrogens (tertiary/aromatic N) is 1. The number of hydrogen-bond acceptors (Lipinski definition) is 4. The highest BCUT2D eigenvalue weighted by Gasteiger charge is 2.28. The van der Waals surface area contributed by atoms with E-state index in [0.29, 0.717) is 12.2 Å². The van der Waals surface area contributed by atoms with Gasteiger partial charge in [-0.15, -0.1) is 0 Å². The highest BCUT2D eigenvalue weighted by atomic mass is 32.1. The molecule has 0 aromatic carbocycles. The molecule has 1 aliphatic carbocycles. The quantitative estimate of drug-likeness (QED) is 0.784. The maximum Gasteiger partial charge on any atom is 0.407 e. The lowest BCUT2D eigenvalue weighted by Gasteiger charge is -2.35. The van der Waals surface area contributed by atoms with Gasteiger partial charge in [-0.1, -0.05) is 0 Å². The summed E-state index contributed by atoms with van der Waals surface area (Å²) >= 11 is 4.10. The zero-order chi connectivity index (χ0) is 16.0. The molecule has 1 rings (SSSR count). The number of rotatable bonds is 4. The molecule has 0 unspecified atom stereocenters. The Morgan fingerprint density at radius 2 is 1.81 bits per heavy atom. The van der Waals surface area contributed by atoms with Gasteiger partial charge in [0, 0.05) is 25.6 Å². The monoisotopic (exact) mass is 316 g/mol. The van der Waals surface area contributed by atoms with Crippen molar-refractivity contribution < 1.29 is 14.3 Å². The van der Waals surface area contributed by atoms with Crippen LogP contribution < -0.4 is 5.32 Å². The van der Waals surface area contributed by atoms with Gasteiger partial charge in [-0.2, -0.15) is 12.6 Å². The number of amides is 2. The minimum atomic E-state index is -0.471. The summed E-state index contributed by atoms with van der Waals surface area (Å²) in [4.78, 5) is 25.4. The summed E-state index contributed by atoms with van der Waals surface area (Å²) in [6, 6.07) is 0.415. The van der Waals surface area contributed by atoms with Crippen LogP contribution in [0, 0.1) is 0 Å². The first-order chi connectivity index (χ1) is 9.73. The molecule has 0 radical (unpaired) electrons. The van der Waals surface area contributed by atoms with Gasteiger partial charge in [-0.05, 0) is 52.2 Å². The molecule has 0 aromatic rings. The van der Waals surface area contributed by atoms with Crippen molar-refractivity contribution in [3.05, 3.63) is 0 Å². The Bertz CT molecular complexity index is 360. The number of thiol groups is 1. The van der Waals surface area contributed by atoms with Gasteiger partial charge in [0.1, 0.15) is 5.60 Å². The van der Waals surface area contributed by atoms with E-state index in [1.807, 2.05) is 32.7 Å². The van der Waals surface area contributed by atoms with E-state index in [1.54, 1.807) is 0 Å². The molecule has 0 saturated heterocycles. The van der Waals surface area contributed by atoms with Gasteiger partial charge in [0.25, 0.3) is 0 Å². The van der Waals surface area contributed by atoms with Gasteiger partial charge in [0.15, 0.2) is 0 Å². The Hall–Kier alpha value is -0.910. The van der Waals surface area contributed by atoms with Gasteiger partial charge >= 0.3 is 6.09 Å². The molecule has 0 aromatic heterocycles. The van der Waals surface area contributed by atoms with Crippen LogP contribution in [0.15, 0.2) is 0 Å². The molecule has 122 valence electrons. The first kappa shape index (κ1) is 18.1. The summed E-state index contributed by atoms with van der Waals surface area (Å²) < 4.78 is 5.26. The van der Waals surface area contributed by atoms with Gasteiger partial charge < -0.3 is 15.0 Å². The number of carbonyl (C=O) groups excluding carboxylic acids is 2. The largest absolute Gasteiger partial charge is 0.444 e. The van der Waals surface area contributed by atoms with Crippen molar-refractivity contribution in [2.75, 3.05) is 12.8 Å². The summed E-state index contributed by atoms with van der Waals surface area (Å²) in [7, 11) is 1.86. The summed E-state index contributed by atoms with van der Waals surface area (Å²) in [6.45, 7) is 5.56. The molecule has 0 heterocycles. The molecular weight excluding hydrogens is 288 g/mol. The summed E-state index contributed by atoms with van der Waals surface area (Å²) in [6.07, 6.45) is 3.70. The molecule has 1 N–H and O–H groups in total. The molecule has 5 nitrogen and oxygen atoms in total. The molecule has 0 bridgehead atoms. The van der Waals surface area contributed by atoms with Crippen LogP contribution in [0.5, 0.6) is 0 Å². The molecule has 0 atom stereocenters. The van der Waals surface area contributed by atoms with E-state index in [1.165, 1.54) is 0 Å². The van der Waals surface area contributed by atoms with Crippen LogP contribution in [0.25, 0.3) is 0 Å². The lowest BCUT2D eigenvalue weighted by atomic mass is 9.90. The van der Waals surface area contributed by atoms with Gasteiger partial charge in [-0.3, -0.25) is 4.79 Å². The number of ether oxygens (including phenoxy) is 1. The lowest BCUT2D eigenvalue weighted by Crippen LogP contribution is -2.45. The van der Waals surface area contributed by atoms with Crippen LogP contribution >= 0.6 is 12.6 Å². The third-order valence-electron chi connectivity index (χ3n) is 3.68. The molecule has 1 fully saturated rings. The standard InChI is InChI=1S/C15H28N2O3S/c1-15(2,3)20-14(19)16-11-5-7-12(8-6-11)17(4)13(18)9-10-21/h11-12,21H,5-10H2,1-4H3,(H,16,19). The van der Waals surface area contributed by atoms with Crippen LogP contribution in [0.4, 0.5) is 4.79 Å². The Morgan fingerprint density at radius 1 is 1.24 bits per heavy atom. The second kappa shape index (κ2) is 7.92. The predicted octanol–water partition coefficient (Wildman–Crippen LogP) is 2.60. The van der Waals surface area contributed by atoms with Crippen LogP contribution in [0.2, 0.25) is 0 Å². The fourth-order valence-electron chi connectivity index (χ4n) is 2.56. The average Bonchev–Trinajstić information content (AvgIpc) is 2.36. The second-order valence-electron chi connectivity index (χ2n) is 6.63. The van der Waals surface area contributed by atoms with Crippen molar-refractivity contribution in [3.63, 3.8) is 0 Å². The Kier molecular flexibility index (Phi) is 6.84. The van der Waals surface area contributed by atoms with E-state index in [4.69, 9.17) is 4.74 Å². The van der Waals surface area contributed by atoms with E-state index in [2.05, 4.69) is 17.9 Å².